The van der Waals surface area contributed by atoms with Gasteiger partial charge in [0.1, 0.15) is 5.84 Å². The molecule has 3 aromatic carbocycles. The van der Waals surface area contributed by atoms with Crippen LogP contribution in [0, 0.1) is 13.8 Å². The summed E-state index contributed by atoms with van der Waals surface area (Å²) in [6.45, 7) is 14.2. The van der Waals surface area contributed by atoms with Crippen molar-refractivity contribution in [3.63, 3.8) is 0 Å². The van der Waals surface area contributed by atoms with Crippen LogP contribution in [-0.2, 0) is 6.42 Å². The molecule has 2 N–H and O–H groups in total. The Balaban J connectivity index is 0.000000221. The zero-order valence-corrected chi connectivity index (χ0v) is 22.7. The van der Waals surface area contributed by atoms with E-state index in [0.29, 0.717) is 11.5 Å². The minimum atomic E-state index is 0.444. The number of benzene rings is 3. The predicted octanol–water partition coefficient (Wildman–Crippen LogP) is 8.73. The molecule has 0 bridgehead atoms. The Labute approximate surface area is 221 Å². The summed E-state index contributed by atoms with van der Waals surface area (Å²) in [5, 5.41) is 3.03. The molecular formula is C32H36ClN3. The van der Waals surface area contributed by atoms with Crippen molar-refractivity contribution in [1.82, 2.24) is 4.98 Å². The molecule has 0 aliphatic heterocycles. The number of aromatic nitrogens is 1. The average Bonchev–Trinajstić information content (AvgIpc) is 2.87. The SMILES string of the molecule is C=C(N=C(N)C=C(C)C)c1cc2ccccc2cn1.CCc1ccccc1.Cc1ccc(Cl)cc1C. The molecule has 0 spiro atoms. The lowest BCUT2D eigenvalue weighted by atomic mass is 10.1. The molecule has 0 amide bonds. The van der Waals surface area contributed by atoms with Crippen LogP contribution in [0.4, 0.5) is 0 Å². The number of hydrogen-bond acceptors (Lipinski definition) is 2. The van der Waals surface area contributed by atoms with E-state index in [1.807, 2.05) is 80.7 Å². The largest absolute Gasteiger partial charge is 0.384 e. The van der Waals surface area contributed by atoms with Crippen LogP contribution in [0.1, 0.15) is 43.2 Å². The molecule has 0 unspecified atom stereocenters. The van der Waals surface area contributed by atoms with E-state index in [9.17, 15) is 0 Å². The fourth-order valence-corrected chi connectivity index (χ4v) is 3.43. The number of hydrogen-bond donors (Lipinski definition) is 1. The van der Waals surface area contributed by atoms with Gasteiger partial charge < -0.3 is 5.73 Å². The van der Waals surface area contributed by atoms with Gasteiger partial charge in [-0.3, -0.25) is 4.98 Å². The highest BCUT2D eigenvalue weighted by Crippen LogP contribution is 2.18. The maximum Gasteiger partial charge on any atom is 0.124 e. The predicted molar refractivity (Wildman–Crippen MR) is 159 cm³/mol. The average molecular weight is 498 g/mol. The van der Waals surface area contributed by atoms with E-state index < -0.39 is 0 Å². The molecule has 1 heterocycles. The third-order valence-corrected chi connectivity index (χ3v) is 5.58. The summed E-state index contributed by atoms with van der Waals surface area (Å²) >= 11 is 5.72. The molecular weight excluding hydrogens is 462 g/mol. The van der Waals surface area contributed by atoms with Crippen LogP contribution in [0.3, 0.4) is 0 Å². The fraction of sp³-hybridized carbons (Fsp3) is 0.188. The first-order valence-electron chi connectivity index (χ1n) is 12.0. The van der Waals surface area contributed by atoms with Gasteiger partial charge in [0.15, 0.2) is 0 Å². The molecule has 0 atom stereocenters. The molecule has 4 heteroatoms. The summed E-state index contributed by atoms with van der Waals surface area (Å²) in [4.78, 5) is 8.61. The minimum absolute atomic E-state index is 0.444. The summed E-state index contributed by atoms with van der Waals surface area (Å²) in [5.41, 5.74) is 12.2. The number of aryl methyl sites for hydroxylation is 3. The normalized spacial score (nSPS) is 10.4. The Morgan fingerprint density at radius 1 is 0.917 bits per heavy atom. The van der Waals surface area contributed by atoms with Crippen molar-refractivity contribution in [2.45, 2.75) is 41.0 Å². The van der Waals surface area contributed by atoms with Gasteiger partial charge in [-0.15, -0.1) is 0 Å². The topological polar surface area (TPSA) is 51.3 Å². The summed E-state index contributed by atoms with van der Waals surface area (Å²) in [7, 11) is 0. The first kappa shape index (κ1) is 28.5. The van der Waals surface area contributed by atoms with Crippen molar-refractivity contribution in [3.05, 3.63) is 131 Å². The van der Waals surface area contributed by atoms with Crippen LogP contribution >= 0.6 is 11.6 Å². The fourth-order valence-electron chi connectivity index (χ4n) is 3.20. The Bertz CT molecular complexity index is 1330. The quantitative estimate of drug-likeness (QED) is 0.226. The third kappa shape index (κ3) is 9.89. The van der Waals surface area contributed by atoms with E-state index in [0.717, 1.165) is 33.5 Å². The van der Waals surface area contributed by atoms with Crippen LogP contribution in [0.25, 0.3) is 16.5 Å². The highest BCUT2D eigenvalue weighted by atomic mass is 35.5. The molecule has 4 aromatic rings. The summed E-state index contributed by atoms with van der Waals surface area (Å²) in [6.07, 6.45) is 4.77. The number of aliphatic imine (C=N–C) groups is 1. The second-order valence-corrected chi connectivity index (χ2v) is 9.13. The van der Waals surface area contributed by atoms with Gasteiger partial charge in [-0.2, -0.15) is 0 Å². The van der Waals surface area contributed by atoms with Crippen molar-refractivity contribution in [2.24, 2.45) is 10.7 Å². The van der Waals surface area contributed by atoms with Crippen LogP contribution < -0.4 is 5.73 Å². The van der Waals surface area contributed by atoms with Gasteiger partial charge in [-0.25, -0.2) is 4.99 Å². The smallest absolute Gasteiger partial charge is 0.124 e. The van der Waals surface area contributed by atoms with Crippen molar-refractivity contribution < 1.29 is 0 Å². The Hall–Kier alpha value is -3.69. The van der Waals surface area contributed by atoms with Crippen LogP contribution in [0.2, 0.25) is 5.02 Å². The van der Waals surface area contributed by atoms with Crippen molar-refractivity contribution in [1.29, 1.82) is 0 Å². The lowest BCUT2D eigenvalue weighted by molar-refractivity contribution is 1.14. The van der Waals surface area contributed by atoms with E-state index in [4.69, 9.17) is 17.3 Å². The number of fused-ring (bicyclic) bond motifs is 1. The molecule has 186 valence electrons. The van der Waals surface area contributed by atoms with Crippen LogP contribution in [-0.4, -0.2) is 10.8 Å². The van der Waals surface area contributed by atoms with E-state index in [-0.39, 0.29) is 0 Å². The van der Waals surface area contributed by atoms with Gasteiger partial charge in [-0.1, -0.05) is 91.3 Å². The molecule has 0 aliphatic rings. The highest BCUT2D eigenvalue weighted by Gasteiger charge is 2.01. The minimum Gasteiger partial charge on any atom is -0.384 e. The maximum absolute atomic E-state index is 5.81. The Morgan fingerprint density at radius 3 is 2.11 bits per heavy atom. The van der Waals surface area contributed by atoms with E-state index in [1.165, 1.54) is 16.7 Å². The molecule has 1 aromatic heterocycles. The Kier molecular flexibility index (Phi) is 11.6. The van der Waals surface area contributed by atoms with Gasteiger partial charge in [0.25, 0.3) is 0 Å². The molecule has 4 rings (SSSR count). The van der Waals surface area contributed by atoms with E-state index in [2.05, 4.69) is 61.6 Å². The van der Waals surface area contributed by atoms with Gasteiger partial charge in [0.05, 0.1) is 11.4 Å². The van der Waals surface area contributed by atoms with Crippen LogP contribution in [0.5, 0.6) is 0 Å². The number of nitrogens with zero attached hydrogens (tertiary/aromatic N) is 2. The molecule has 36 heavy (non-hydrogen) atoms. The van der Waals surface area contributed by atoms with Crippen molar-refractivity contribution >= 4 is 33.9 Å². The summed E-state index contributed by atoms with van der Waals surface area (Å²) < 4.78 is 0. The first-order chi connectivity index (χ1) is 17.2. The molecule has 0 radical (unpaired) electrons. The zero-order valence-electron chi connectivity index (χ0n) is 21.9. The number of nitrogens with two attached hydrogens (primary N) is 1. The van der Waals surface area contributed by atoms with E-state index >= 15 is 0 Å². The van der Waals surface area contributed by atoms with Crippen molar-refractivity contribution in [3.8, 4) is 0 Å². The van der Waals surface area contributed by atoms with E-state index in [1.54, 1.807) is 0 Å². The number of halogens is 1. The first-order valence-corrected chi connectivity index (χ1v) is 12.4. The highest BCUT2D eigenvalue weighted by molar-refractivity contribution is 6.30. The number of amidine groups is 1. The zero-order chi connectivity index (χ0) is 26.5. The van der Waals surface area contributed by atoms with Gasteiger partial charge in [0.2, 0.25) is 0 Å². The standard InChI is InChI=1S/C16H17N3.C8H9Cl.C8H10/c1-11(2)8-16(17)19-12(3)15-9-13-6-4-5-7-14(13)10-18-15;1-6-3-4-8(9)5-7(6)2;1-2-8-6-4-3-5-7-8/h4-10H,3H2,1-2H3,(H2,17,19);3-5H,1-2H3;3-7H,2H2,1H3. The second kappa shape index (κ2) is 14.7. The number of allylic oxidation sites excluding steroid dienone is 1. The molecule has 0 saturated heterocycles. The molecule has 0 saturated carbocycles. The number of rotatable bonds is 4. The monoisotopic (exact) mass is 497 g/mol. The van der Waals surface area contributed by atoms with Gasteiger partial charge >= 0.3 is 0 Å². The second-order valence-electron chi connectivity index (χ2n) is 8.69. The maximum atomic E-state index is 5.81. The molecule has 3 nitrogen and oxygen atoms in total. The summed E-state index contributed by atoms with van der Waals surface area (Å²) in [5.74, 6) is 0.444. The third-order valence-electron chi connectivity index (χ3n) is 5.35. The van der Waals surface area contributed by atoms with Gasteiger partial charge in [-0.05, 0) is 80.5 Å². The number of pyridine rings is 1. The summed E-state index contributed by atoms with van der Waals surface area (Å²) in [6, 6.07) is 26.4. The van der Waals surface area contributed by atoms with Gasteiger partial charge in [0, 0.05) is 16.6 Å². The molecule has 0 aliphatic carbocycles. The van der Waals surface area contributed by atoms with Crippen molar-refractivity contribution in [2.75, 3.05) is 0 Å². The van der Waals surface area contributed by atoms with Crippen LogP contribution in [0.15, 0.2) is 108 Å². The Morgan fingerprint density at radius 2 is 1.56 bits per heavy atom. The molecule has 0 fully saturated rings. The lowest BCUT2D eigenvalue weighted by Crippen LogP contribution is -2.08. The lowest BCUT2D eigenvalue weighted by Gasteiger charge is -2.03.